The molecule has 0 rings (SSSR count). The summed E-state index contributed by atoms with van der Waals surface area (Å²) in [6.07, 6.45) is 12.2. The first kappa shape index (κ1) is 25.8. The molecule has 0 saturated carbocycles. The molecule has 0 heterocycles. The smallest absolute Gasteiger partial charge is 0.307 e. The van der Waals surface area contributed by atoms with Gasteiger partial charge in [0, 0.05) is 0 Å². The monoisotopic (exact) mass is 386 g/mol. The Balaban J connectivity index is 4.35. The molecule has 2 atom stereocenters. The zero-order valence-corrected chi connectivity index (χ0v) is 17.6. The summed E-state index contributed by atoms with van der Waals surface area (Å²) < 4.78 is -0.137. The fraction of sp³-hybridized carbons (Fsp3) is 0.810. The third-order valence-corrected chi connectivity index (χ3v) is 4.75. The predicted octanol–water partition coefficient (Wildman–Crippen LogP) is 3.26. The summed E-state index contributed by atoms with van der Waals surface area (Å²) in [5.41, 5.74) is -2.33. The van der Waals surface area contributed by atoms with Crippen LogP contribution in [0.5, 0.6) is 0 Å². The summed E-state index contributed by atoms with van der Waals surface area (Å²) in [7, 11) is 4.78. The van der Waals surface area contributed by atoms with Crippen molar-refractivity contribution in [2.24, 2.45) is 0 Å². The van der Waals surface area contributed by atoms with Gasteiger partial charge >= 0.3 is 5.97 Å². The van der Waals surface area contributed by atoms with Crippen molar-refractivity contribution < 1.29 is 29.4 Å². The summed E-state index contributed by atoms with van der Waals surface area (Å²) in [5, 5.41) is 29.9. The molecule has 0 aliphatic rings. The second-order valence-corrected chi connectivity index (χ2v) is 8.37. The number of carbonyl (C=O) groups excluding carboxylic acids is 1. The van der Waals surface area contributed by atoms with Gasteiger partial charge in [0.05, 0.1) is 27.6 Å². The maximum atomic E-state index is 12.4. The van der Waals surface area contributed by atoms with Crippen LogP contribution in [0.2, 0.25) is 0 Å². The third kappa shape index (κ3) is 10.6. The van der Waals surface area contributed by atoms with E-state index in [1.807, 2.05) is 0 Å². The standard InChI is InChI=1S/C21H39NO5/c1-5-6-7-8-9-10-11-12-13-14-15-16-18(23)21(27,17-19(24)25)20(26)22(2,3)4/h15-16,20,26-27H,5-14,17H2,1-4H3/p+1. The average Bonchev–Trinajstić information content (AvgIpc) is 2.57. The number of likely N-dealkylation sites (N-methyl/N-ethyl adjacent to an activating group) is 1. The summed E-state index contributed by atoms with van der Waals surface area (Å²) in [5.74, 6) is -2.09. The van der Waals surface area contributed by atoms with E-state index in [1.165, 1.54) is 51.0 Å². The Bertz CT molecular complexity index is 470. The van der Waals surface area contributed by atoms with Gasteiger partial charge in [-0.15, -0.1) is 0 Å². The van der Waals surface area contributed by atoms with E-state index >= 15 is 0 Å². The number of hydrogen-bond donors (Lipinski definition) is 3. The van der Waals surface area contributed by atoms with Crippen LogP contribution in [0.25, 0.3) is 0 Å². The largest absolute Gasteiger partial charge is 0.481 e. The summed E-state index contributed by atoms with van der Waals surface area (Å²) in [6, 6.07) is 0. The minimum absolute atomic E-state index is 0.137. The van der Waals surface area contributed by atoms with Crippen LogP contribution >= 0.6 is 0 Å². The Morgan fingerprint density at radius 3 is 1.89 bits per heavy atom. The highest BCUT2D eigenvalue weighted by molar-refractivity contribution is 5.99. The lowest BCUT2D eigenvalue weighted by atomic mass is 9.90. The SMILES string of the molecule is CCCCCCCCCCCC=CC(=O)C(O)(CC(=O)O)C(O)[N+](C)(C)C. The fourth-order valence-corrected chi connectivity index (χ4v) is 3.08. The minimum Gasteiger partial charge on any atom is -0.481 e. The summed E-state index contributed by atoms with van der Waals surface area (Å²) in [4.78, 5) is 23.4. The molecule has 0 spiro atoms. The maximum Gasteiger partial charge on any atom is 0.307 e. The Morgan fingerprint density at radius 1 is 0.963 bits per heavy atom. The number of unbranched alkanes of at least 4 members (excludes halogenated alkanes) is 9. The van der Waals surface area contributed by atoms with Crippen molar-refractivity contribution in [1.82, 2.24) is 0 Å². The molecular formula is C21H40NO5+. The number of carbonyl (C=O) groups is 2. The Morgan fingerprint density at radius 2 is 1.44 bits per heavy atom. The van der Waals surface area contributed by atoms with E-state index < -0.39 is 30.0 Å². The van der Waals surface area contributed by atoms with E-state index in [-0.39, 0.29) is 4.48 Å². The van der Waals surface area contributed by atoms with E-state index in [4.69, 9.17) is 5.11 Å². The molecule has 6 nitrogen and oxygen atoms in total. The van der Waals surface area contributed by atoms with Gasteiger partial charge in [0.25, 0.3) is 0 Å². The number of hydrogen-bond acceptors (Lipinski definition) is 4. The zero-order chi connectivity index (χ0) is 20.9. The second kappa shape index (κ2) is 13.0. The lowest BCUT2D eigenvalue weighted by Crippen LogP contribution is -2.62. The molecule has 0 amide bonds. The van der Waals surface area contributed by atoms with Crippen LogP contribution in [0.15, 0.2) is 12.2 Å². The minimum atomic E-state index is -2.33. The Kier molecular flexibility index (Phi) is 12.4. The van der Waals surface area contributed by atoms with Crippen molar-refractivity contribution >= 4 is 11.8 Å². The number of nitrogens with zero attached hydrogens (tertiary/aromatic N) is 1. The molecule has 0 fully saturated rings. The molecule has 27 heavy (non-hydrogen) atoms. The number of aliphatic hydroxyl groups is 2. The predicted molar refractivity (Wildman–Crippen MR) is 107 cm³/mol. The molecule has 3 N–H and O–H groups in total. The van der Waals surface area contributed by atoms with Gasteiger partial charge in [-0.05, 0) is 18.9 Å². The van der Waals surface area contributed by atoms with Gasteiger partial charge in [-0.2, -0.15) is 0 Å². The molecule has 158 valence electrons. The van der Waals surface area contributed by atoms with Crippen LogP contribution in [0.3, 0.4) is 0 Å². The highest BCUT2D eigenvalue weighted by Gasteiger charge is 2.50. The molecule has 2 unspecified atom stereocenters. The lowest BCUT2D eigenvalue weighted by molar-refractivity contribution is -0.925. The molecule has 0 bridgehead atoms. The molecular weight excluding hydrogens is 346 g/mol. The number of rotatable bonds is 16. The van der Waals surface area contributed by atoms with Crippen LogP contribution in [0.1, 0.15) is 77.6 Å². The van der Waals surface area contributed by atoms with Crippen molar-refractivity contribution in [2.75, 3.05) is 21.1 Å². The molecule has 0 saturated heterocycles. The van der Waals surface area contributed by atoms with Crippen LogP contribution in [0, 0.1) is 0 Å². The van der Waals surface area contributed by atoms with Gasteiger partial charge in [-0.3, -0.25) is 9.59 Å². The molecule has 0 aliphatic heterocycles. The number of aliphatic carboxylic acids is 1. The van der Waals surface area contributed by atoms with Gasteiger partial charge in [0.15, 0.2) is 5.78 Å². The van der Waals surface area contributed by atoms with E-state index in [2.05, 4.69) is 6.92 Å². The zero-order valence-electron chi connectivity index (χ0n) is 17.6. The van der Waals surface area contributed by atoms with E-state index in [0.29, 0.717) is 6.42 Å². The molecule has 0 aromatic carbocycles. The Labute approximate surface area is 164 Å². The van der Waals surface area contributed by atoms with Crippen LogP contribution in [-0.2, 0) is 9.59 Å². The van der Waals surface area contributed by atoms with Crippen molar-refractivity contribution in [1.29, 1.82) is 0 Å². The molecule has 0 radical (unpaired) electrons. The molecule has 0 aliphatic carbocycles. The number of carboxylic acid groups (broad SMARTS) is 1. The number of allylic oxidation sites excluding steroid dienone is 1. The third-order valence-electron chi connectivity index (χ3n) is 4.75. The lowest BCUT2D eigenvalue weighted by Gasteiger charge is -2.38. The normalized spacial score (nSPS) is 15.6. The van der Waals surface area contributed by atoms with Crippen LogP contribution < -0.4 is 0 Å². The van der Waals surface area contributed by atoms with Gasteiger partial charge < -0.3 is 19.8 Å². The fourth-order valence-electron chi connectivity index (χ4n) is 3.08. The first-order chi connectivity index (χ1) is 12.6. The molecule has 0 aromatic rings. The average molecular weight is 387 g/mol. The number of carboxylic acids is 1. The van der Waals surface area contributed by atoms with Gasteiger partial charge in [-0.25, -0.2) is 0 Å². The number of aliphatic hydroxyl groups excluding tert-OH is 1. The highest BCUT2D eigenvalue weighted by atomic mass is 16.4. The number of quaternary nitrogens is 1. The molecule has 6 heteroatoms. The molecule has 0 aromatic heterocycles. The highest BCUT2D eigenvalue weighted by Crippen LogP contribution is 2.23. The topological polar surface area (TPSA) is 94.8 Å². The van der Waals surface area contributed by atoms with Crippen molar-refractivity contribution in [3.63, 3.8) is 0 Å². The van der Waals surface area contributed by atoms with Crippen molar-refractivity contribution in [3.05, 3.63) is 12.2 Å². The van der Waals surface area contributed by atoms with Gasteiger partial charge in [0.1, 0.15) is 0 Å². The van der Waals surface area contributed by atoms with E-state index in [0.717, 1.165) is 12.8 Å². The van der Waals surface area contributed by atoms with E-state index in [1.54, 1.807) is 27.2 Å². The van der Waals surface area contributed by atoms with Gasteiger partial charge in [0.2, 0.25) is 11.8 Å². The first-order valence-corrected chi connectivity index (χ1v) is 10.2. The second-order valence-electron chi connectivity index (χ2n) is 8.37. The summed E-state index contributed by atoms with van der Waals surface area (Å²) in [6.45, 7) is 2.21. The first-order valence-electron chi connectivity index (χ1n) is 10.2. The quantitative estimate of drug-likeness (QED) is 0.164. The van der Waals surface area contributed by atoms with Crippen LogP contribution in [-0.4, -0.2) is 64.5 Å². The van der Waals surface area contributed by atoms with E-state index in [9.17, 15) is 19.8 Å². The van der Waals surface area contributed by atoms with Gasteiger partial charge in [-0.1, -0.05) is 64.4 Å². The Hall–Kier alpha value is -1.24. The van der Waals surface area contributed by atoms with Crippen LogP contribution in [0.4, 0.5) is 0 Å². The van der Waals surface area contributed by atoms with Crippen molar-refractivity contribution in [3.8, 4) is 0 Å². The van der Waals surface area contributed by atoms with Crippen molar-refractivity contribution in [2.45, 2.75) is 89.4 Å². The number of ketones is 1. The maximum absolute atomic E-state index is 12.4. The summed E-state index contributed by atoms with van der Waals surface area (Å²) >= 11 is 0.